The summed E-state index contributed by atoms with van der Waals surface area (Å²) in [6, 6.07) is 3.81. The fourth-order valence-electron chi connectivity index (χ4n) is 4.98. The Kier molecular flexibility index (Phi) is 6.29. The standard InChI is InChI=1S/C25H30F2N6O/c1-32-22(16-33-9-3-2-4-10-33)20(15-30-32)21-11-18-12-23(29-14-19(18)13-28-21)31-24(34)17-5-7-25(26,27)8-6-17/h11-15,17H,2-10,16H2,1H3,(H,29,31,34). The maximum absolute atomic E-state index is 13.4. The van der Waals surface area contributed by atoms with Crippen molar-refractivity contribution >= 4 is 22.5 Å². The monoisotopic (exact) mass is 468 g/mol. The van der Waals surface area contributed by atoms with Crippen molar-refractivity contribution in [3.63, 3.8) is 0 Å². The Morgan fingerprint density at radius 2 is 1.79 bits per heavy atom. The maximum atomic E-state index is 13.4. The Morgan fingerprint density at radius 1 is 1.06 bits per heavy atom. The number of fused-ring (bicyclic) bond motifs is 1. The van der Waals surface area contributed by atoms with Crippen molar-refractivity contribution in [2.45, 2.75) is 57.4 Å². The van der Waals surface area contributed by atoms with Crippen molar-refractivity contribution in [3.05, 3.63) is 36.4 Å². The lowest BCUT2D eigenvalue weighted by Gasteiger charge is -2.27. The number of hydrogen-bond donors (Lipinski definition) is 1. The lowest BCUT2D eigenvalue weighted by Crippen LogP contribution is -2.32. The minimum absolute atomic E-state index is 0.196. The van der Waals surface area contributed by atoms with Crippen LogP contribution in [-0.2, 0) is 18.4 Å². The van der Waals surface area contributed by atoms with E-state index in [2.05, 4.69) is 25.3 Å². The highest BCUT2D eigenvalue weighted by Crippen LogP contribution is 2.36. The Balaban J connectivity index is 1.35. The van der Waals surface area contributed by atoms with E-state index in [4.69, 9.17) is 0 Å². The third-order valence-corrected chi connectivity index (χ3v) is 7.10. The minimum atomic E-state index is -2.65. The summed E-state index contributed by atoms with van der Waals surface area (Å²) in [7, 11) is 1.96. The number of anilines is 1. The van der Waals surface area contributed by atoms with Crippen LogP contribution in [0.5, 0.6) is 0 Å². The number of carbonyl (C=O) groups excluding carboxylic acids is 1. The van der Waals surface area contributed by atoms with E-state index >= 15 is 0 Å². The Bertz CT molecular complexity index is 1180. The number of alkyl halides is 2. The third kappa shape index (κ3) is 4.94. The van der Waals surface area contributed by atoms with Gasteiger partial charge in [0.1, 0.15) is 5.82 Å². The smallest absolute Gasteiger partial charge is 0.248 e. The molecule has 1 saturated carbocycles. The number of likely N-dealkylation sites (tertiary alicyclic amines) is 1. The van der Waals surface area contributed by atoms with Gasteiger partial charge in [0.25, 0.3) is 0 Å². The van der Waals surface area contributed by atoms with E-state index in [1.165, 1.54) is 19.3 Å². The number of piperidine rings is 1. The zero-order chi connectivity index (χ0) is 23.7. The average molecular weight is 469 g/mol. The zero-order valence-corrected chi connectivity index (χ0v) is 19.4. The van der Waals surface area contributed by atoms with Crippen LogP contribution in [0.4, 0.5) is 14.6 Å². The first kappa shape index (κ1) is 22.8. The predicted octanol–water partition coefficient (Wildman–Crippen LogP) is 4.78. The van der Waals surface area contributed by atoms with E-state index in [-0.39, 0.29) is 31.6 Å². The van der Waals surface area contributed by atoms with Gasteiger partial charge in [-0.15, -0.1) is 0 Å². The van der Waals surface area contributed by atoms with E-state index in [9.17, 15) is 13.6 Å². The molecule has 1 N–H and O–H groups in total. The maximum Gasteiger partial charge on any atom is 0.248 e. The summed E-state index contributed by atoms with van der Waals surface area (Å²) in [5.41, 5.74) is 2.96. The highest BCUT2D eigenvalue weighted by molar-refractivity contribution is 5.94. The van der Waals surface area contributed by atoms with Gasteiger partial charge in [0.2, 0.25) is 11.8 Å². The molecule has 4 heterocycles. The normalized spacial score (nSPS) is 19.4. The predicted molar refractivity (Wildman–Crippen MR) is 126 cm³/mol. The second kappa shape index (κ2) is 9.37. The minimum Gasteiger partial charge on any atom is -0.310 e. The number of aromatic nitrogens is 4. The van der Waals surface area contributed by atoms with E-state index in [1.54, 1.807) is 12.4 Å². The summed E-state index contributed by atoms with van der Waals surface area (Å²) in [4.78, 5) is 24.1. The molecule has 0 bridgehead atoms. The van der Waals surface area contributed by atoms with Crippen LogP contribution in [0, 0.1) is 5.92 Å². The molecular formula is C25H30F2N6O. The van der Waals surface area contributed by atoms with E-state index in [1.807, 2.05) is 30.1 Å². The van der Waals surface area contributed by atoms with Crippen LogP contribution in [0.2, 0.25) is 0 Å². The van der Waals surface area contributed by atoms with Crippen LogP contribution in [-0.4, -0.2) is 49.6 Å². The summed E-state index contributed by atoms with van der Waals surface area (Å²) in [5.74, 6) is -2.88. The van der Waals surface area contributed by atoms with Crippen LogP contribution in [0.25, 0.3) is 22.0 Å². The van der Waals surface area contributed by atoms with Gasteiger partial charge in [-0.2, -0.15) is 5.10 Å². The summed E-state index contributed by atoms with van der Waals surface area (Å²) >= 11 is 0. The summed E-state index contributed by atoms with van der Waals surface area (Å²) in [6.45, 7) is 3.04. The van der Waals surface area contributed by atoms with Gasteiger partial charge in [0.15, 0.2) is 0 Å². The van der Waals surface area contributed by atoms with Gasteiger partial charge in [-0.1, -0.05) is 6.42 Å². The summed E-state index contributed by atoms with van der Waals surface area (Å²) in [6.07, 6.45) is 8.98. The fourth-order valence-corrected chi connectivity index (χ4v) is 4.98. The number of aryl methyl sites for hydroxylation is 1. The first-order valence-electron chi connectivity index (χ1n) is 12.1. The number of rotatable bonds is 5. The van der Waals surface area contributed by atoms with Crippen molar-refractivity contribution in [1.29, 1.82) is 0 Å². The molecule has 0 radical (unpaired) electrons. The first-order chi connectivity index (χ1) is 16.4. The Hall–Kier alpha value is -2.94. The number of nitrogens with one attached hydrogen (secondary N) is 1. The zero-order valence-electron chi connectivity index (χ0n) is 19.4. The average Bonchev–Trinajstić information content (AvgIpc) is 3.19. The molecule has 9 heteroatoms. The van der Waals surface area contributed by atoms with Gasteiger partial charge >= 0.3 is 0 Å². The largest absolute Gasteiger partial charge is 0.310 e. The number of carbonyl (C=O) groups is 1. The molecule has 34 heavy (non-hydrogen) atoms. The molecular weight excluding hydrogens is 438 g/mol. The second-order valence-electron chi connectivity index (χ2n) is 9.57. The molecule has 5 rings (SSSR count). The van der Waals surface area contributed by atoms with Crippen LogP contribution in [0.3, 0.4) is 0 Å². The van der Waals surface area contributed by atoms with E-state index < -0.39 is 11.8 Å². The first-order valence-corrected chi connectivity index (χ1v) is 12.1. The lowest BCUT2D eigenvalue weighted by atomic mass is 9.86. The van der Waals surface area contributed by atoms with Crippen molar-refractivity contribution in [2.75, 3.05) is 18.4 Å². The molecule has 3 aromatic rings. The highest BCUT2D eigenvalue weighted by Gasteiger charge is 2.37. The molecule has 0 unspecified atom stereocenters. The van der Waals surface area contributed by atoms with Crippen LogP contribution < -0.4 is 5.32 Å². The van der Waals surface area contributed by atoms with E-state index in [0.29, 0.717) is 5.82 Å². The molecule has 3 aromatic heterocycles. The van der Waals surface area contributed by atoms with Crippen LogP contribution in [0.1, 0.15) is 50.6 Å². The van der Waals surface area contributed by atoms with Gasteiger partial charge in [-0.3, -0.25) is 19.4 Å². The summed E-state index contributed by atoms with van der Waals surface area (Å²) < 4.78 is 28.8. The Labute approximate surface area is 197 Å². The third-order valence-electron chi connectivity index (χ3n) is 7.10. The van der Waals surface area contributed by atoms with Gasteiger partial charge in [0, 0.05) is 55.7 Å². The van der Waals surface area contributed by atoms with Gasteiger partial charge in [-0.25, -0.2) is 13.8 Å². The molecule has 2 aliphatic rings. The van der Waals surface area contributed by atoms with Gasteiger partial charge in [0.05, 0.1) is 17.6 Å². The molecule has 2 fully saturated rings. The number of pyridine rings is 2. The van der Waals surface area contributed by atoms with Crippen molar-refractivity contribution < 1.29 is 13.6 Å². The van der Waals surface area contributed by atoms with E-state index in [0.717, 1.165) is 47.4 Å². The van der Waals surface area contributed by atoms with Gasteiger partial charge < -0.3 is 5.32 Å². The van der Waals surface area contributed by atoms with Crippen molar-refractivity contribution in [2.24, 2.45) is 13.0 Å². The number of nitrogens with zero attached hydrogens (tertiary/aromatic N) is 5. The topological polar surface area (TPSA) is 75.9 Å². The fraction of sp³-hybridized carbons (Fsp3) is 0.520. The lowest BCUT2D eigenvalue weighted by molar-refractivity contribution is -0.124. The summed E-state index contributed by atoms with van der Waals surface area (Å²) in [5, 5.41) is 9.07. The molecule has 0 atom stereocenters. The molecule has 0 spiro atoms. The van der Waals surface area contributed by atoms with Gasteiger partial charge in [-0.05, 0) is 56.3 Å². The van der Waals surface area contributed by atoms with Crippen LogP contribution >= 0.6 is 0 Å². The van der Waals surface area contributed by atoms with Crippen molar-refractivity contribution in [3.8, 4) is 11.3 Å². The molecule has 1 aliphatic heterocycles. The SMILES string of the molecule is Cn1ncc(-c2cc3cc(NC(=O)C4CCC(F)(F)CC4)ncc3cn2)c1CN1CCCCC1. The molecule has 1 saturated heterocycles. The number of hydrogen-bond acceptors (Lipinski definition) is 5. The molecule has 1 amide bonds. The quantitative estimate of drug-likeness (QED) is 0.583. The second-order valence-corrected chi connectivity index (χ2v) is 9.57. The Morgan fingerprint density at radius 3 is 2.56 bits per heavy atom. The molecule has 0 aromatic carbocycles. The molecule has 7 nitrogen and oxygen atoms in total. The molecule has 180 valence electrons. The molecule has 1 aliphatic carbocycles. The number of halogens is 2. The van der Waals surface area contributed by atoms with Crippen LogP contribution in [0.15, 0.2) is 30.7 Å². The number of amides is 1. The van der Waals surface area contributed by atoms with Crippen molar-refractivity contribution in [1.82, 2.24) is 24.6 Å². The highest BCUT2D eigenvalue weighted by atomic mass is 19.3.